The highest BCUT2D eigenvalue weighted by atomic mass is 15.2. The summed E-state index contributed by atoms with van der Waals surface area (Å²) in [6, 6.07) is 0.887. The van der Waals surface area contributed by atoms with Crippen LogP contribution in [0.1, 0.15) is 59.3 Å². The van der Waals surface area contributed by atoms with Gasteiger partial charge in [-0.05, 0) is 44.7 Å². The summed E-state index contributed by atoms with van der Waals surface area (Å²) in [6.07, 6.45) is 8.34. The van der Waals surface area contributed by atoms with Gasteiger partial charge in [0.05, 0.1) is 0 Å². The van der Waals surface area contributed by atoms with Crippen LogP contribution in [0.5, 0.6) is 0 Å². The lowest BCUT2D eigenvalue weighted by Gasteiger charge is -2.36. The molecule has 0 aromatic heterocycles. The summed E-state index contributed by atoms with van der Waals surface area (Å²) in [5.41, 5.74) is 0. The van der Waals surface area contributed by atoms with Gasteiger partial charge in [0.25, 0.3) is 0 Å². The maximum atomic E-state index is 2.74. The van der Waals surface area contributed by atoms with E-state index in [4.69, 9.17) is 0 Å². The van der Waals surface area contributed by atoms with E-state index >= 15 is 0 Å². The Bertz CT molecular complexity index is 130. The molecule has 0 unspecified atom stereocenters. The first-order chi connectivity index (χ1) is 6.77. The zero-order valence-corrected chi connectivity index (χ0v) is 10.3. The third-order valence-electron chi connectivity index (χ3n) is 3.58. The average molecular weight is 197 g/mol. The molecule has 14 heavy (non-hydrogen) atoms. The molecule has 1 heterocycles. The molecule has 1 rings (SSSR count). The molecule has 0 radical (unpaired) electrons. The van der Waals surface area contributed by atoms with Crippen molar-refractivity contribution in [2.24, 2.45) is 5.92 Å². The van der Waals surface area contributed by atoms with Crippen LogP contribution in [0.25, 0.3) is 0 Å². The fourth-order valence-electron chi connectivity index (χ4n) is 2.57. The minimum absolute atomic E-state index is 0.887. The van der Waals surface area contributed by atoms with Gasteiger partial charge < -0.3 is 4.90 Å². The first-order valence-electron chi connectivity index (χ1n) is 6.52. The van der Waals surface area contributed by atoms with Crippen LogP contribution in [0.15, 0.2) is 0 Å². The number of hydrogen-bond acceptors (Lipinski definition) is 1. The molecule has 0 spiro atoms. The van der Waals surface area contributed by atoms with Crippen LogP contribution in [0.4, 0.5) is 0 Å². The van der Waals surface area contributed by atoms with Gasteiger partial charge >= 0.3 is 0 Å². The summed E-state index contributed by atoms with van der Waals surface area (Å²) >= 11 is 0. The zero-order valence-electron chi connectivity index (χ0n) is 10.3. The molecule has 0 N–H and O–H groups in total. The van der Waals surface area contributed by atoms with Crippen LogP contribution in [0, 0.1) is 5.92 Å². The molecule has 0 saturated carbocycles. The number of nitrogens with zero attached hydrogens (tertiary/aromatic N) is 1. The molecular weight excluding hydrogens is 170 g/mol. The van der Waals surface area contributed by atoms with E-state index in [1.54, 1.807) is 0 Å². The quantitative estimate of drug-likeness (QED) is 0.650. The van der Waals surface area contributed by atoms with Gasteiger partial charge in [0, 0.05) is 6.04 Å². The van der Waals surface area contributed by atoms with Gasteiger partial charge in [0.2, 0.25) is 0 Å². The molecular formula is C13H27N. The minimum Gasteiger partial charge on any atom is -0.300 e. The topological polar surface area (TPSA) is 3.24 Å². The summed E-state index contributed by atoms with van der Waals surface area (Å²) in [7, 11) is 0. The van der Waals surface area contributed by atoms with Crippen LogP contribution in [-0.2, 0) is 0 Å². The highest BCUT2D eigenvalue weighted by Gasteiger charge is 2.21. The zero-order chi connectivity index (χ0) is 10.4. The highest BCUT2D eigenvalue weighted by Crippen LogP contribution is 2.22. The summed E-state index contributed by atoms with van der Waals surface area (Å²) in [6.45, 7) is 9.73. The standard InChI is InChI=1S/C13H27N/c1-4-6-13(7-5-2)14-10-8-12(3)9-11-14/h12-13H,4-11H2,1-3H3. The maximum absolute atomic E-state index is 2.74. The lowest BCUT2D eigenvalue weighted by Crippen LogP contribution is -2.40. The minimum atomic E-state index is 0.887. The van der Waals surface area contributed by atoms with Crippen LogP contribution < -0.4 is 0 Å². The number of rotatable bonds is 5. The van der Waals surface area contributed by atoms with Crippen molar-refractivity contribution in [1.29, 1.82) is 0 Å². The molecule has 84 valence electrons. The molecule has 0 aromatic carbocycles. The number of likely N-dealkylation sites (tertiary alicyclic amines) is 1. The molecule has 0 amide bonds. The molecule has 0 aliphatic carbocycles. The Morgan fingerprint density at radius 3 is 2.00 bits per heavy atom. The van der Waals surface area contributed by atoms with Crippen molar-refractivity contribution in [2.45, 2.75) is 65.3 Å². The van der Waals surface area contributed by atoms with Gasteiger partial charge in [-0.1, -0.05) is 33.6 Å². The summed E-state index contributed by atoms with van der Waals surface area (Å²) in [4.78, 5) is 2.74. The van der Waals surface area contributed by atoms with Crippen molar-refractivity contribution >= 4 is 0 Å². The van der Waals surface area contributed by atoms with Gasteiger partial charge in [0.15, 0.2) is 0 Å². The Balaban J connectivity index is 2.34. The highest BCUT2D eigenvalue weighted by molar-refractivity contribution is 4.76. The molecule has 0 bridgehead atoms. The fourth-order valence-corrected chi connectivity index (χ4v) is 2.57. The fraction of sp³-hybridized carbons (Fsp3) is 1.00. The Hall–Kier alpha value is -0.0400. The largest absolute Gasteiger partial charge is 0.300 e. The SMILES string of the molecule is CCCC(CCC)N1CCC(C)CC1. The maximum Gasteiger partial charge on any atom is 0.00950 e. The molecule has 0 aromatic rings. The second-order valence-electron chi connectivity index (χ2n) is 4.95. The predicted molar refractivity (Wildman–Crippen MR) is 63.6 cm³/mol. The van der Waals surface area contributed by atoms with E-state index in [1.165, 1.54) is 51.6 Å². The lowest BCUT2D eigenvalue weighted by atomic mass is 9.95. The Morgan fingerprint density at radius 2 is 1.57 bits per heavy atom. The van der Waals surface area contributed by atoms with Crippen molar-refractivity contribution in [3.05, 3.63) is 0 Å². The second kappa shape index (κ2) is 6.44. The van der Waals surface area contributed by atoms with E-state index in [0.29, 0.717) is 0 Å². The average Bonchev–Trinajstić information content (AvgIpc) is 2.19. The molecule has 1 fully saturated rings. The molecule has 1 aliphatic heterocycles. The third kappa shape index (κ3) is 3.61. The van der Waals surface area contributed by atoms with E-state index in [1.807, 2.05) is 0 Å². The molecule has 0 atom stereocenters. The van der Waals surface area contributed by atoms with Crippen LogP contribution in [-0.4, -0.2) is 24.0 Å². The van der Waals surface area contributed by atoms with Crippen LogP contribution >= 0.6 is 0 Å². The Kier molecular flexibility index (Phi) is 5.54. The van der Waals surface area contributed by atoms with E-state index < -0.39 is 0 Å². The van der Waals surface area contributed by atoms with Gasteiger partial charge in [-0.25, -0.2) is 0 Å². The van der Waals surface area contributed by atoms with Crippen molar-refractivity contribution in [2.75, 3.05) is 13.1 Å². The summed E-state index contributed by atoms with van der Waals surface area (Å²) < 4.78 is 0. The van der Waals surface area contributed by atoms with Crippen LogP contribution in [0.2, 0.25) is 0 Å². The molecule has 1 heteroatoms. The first-order valence-corrected chi connectivity index (χ1v) is 6.52. The first kappa shape index (κ1) is 12.0. The Labute approximate surface area is 89.9 Å². The predicted octanol–water partition coefficient (Wildman–Crippen LogP) is 3.69. The molecule has 1 aliphatic rings. The van der Waals surface area contributed by atoms with E-state index in [2.05, 4.69) is 25.7 Å². The number of hydrogen-bond donors (Lipinski definition) is 0. The lowest BCUT2D eigenvalue weighted by molar-refractivity contribution is 0.124. The molecule has 1 saturated heterocycles. The van der Waals surface area contributed by atoms with Gasteiger partial charge in [-0.15, -0.1) is 0 Å². The molecule has 1 nitrogen and oxygen atoms in total. The van der Waals surface area contributed by atoms with Gasteiger partial charge in [-0.2, -0.15) is 0 Å². The van der Waals surface area contributed by atoms with E-state index in [0.717, 1.165) is 12.0 Å². The third-order valence-corrected chi connectivity index (χ3v) is 3.58. The van der Waals surface area contributed by atoms with Crippen molar-refractivity contribution < 1.29 is 0 Å². The van der Waals surface area contributed by atoms with E-state index in [-0.39, 0.29) is 0 Å². The Morgan fingerprint density at radius 1 is 1.07 bits per heavy atom. The monoisotopic (exact) mass is 197 g/mol. The van der Waals surface area contributed by atoms with Crippen molar-refractivity contribution in [3.8, 4) is 0 Å². The normalized spacial score (nSPS) is 20.6. The summed E-state index contributed by atoms with van der Waals surface area (Å²) in [5, 5.41) is 0. The van der Waals surface area contributed by atoms with Crippen molar-refractivity contribution in [3.63, 3.8) is 0 Å². The summed E-state index contributed by atoms with van der Waals surface area (Å²) in [5.74, 6) is 0.968. The second-order valence-corrected chi connectivity index (χ2v) is 4.95. The van der Waals surface area contributed by atoms with Gasteiger partial charge in [0.1, 0.15) is 0 Å². The van der Waals surface area contributed by atoms with Crippen LogP contribution in [0.3, 0.4) is 0 Å². The van der Waals surface area contributed by atoms with Gasteiger partial charge in [-0.3, -0.25) is 0 Å². The number of piperidine rings is 1. The smallest absolute Gasteiger partial charge is 0.00950 e. The van der Waals surface area contributed by atoms with E-state index in [9.17, 15) is 0 Å². The van der Waals surface area contributed by atoms with Crippen molar-refractivity contribution in [1.82, 2.24) is 4.90 Å².